The number of alkyl halides is 2. The van der Waals surface area contributed by atoms with Gasteiger partial charge in [0.2, 0.25) is 0 Å². The van der Waals surface area contributed by atoms with Gasteiger partial charge in [0.15, 0.2) is 5.82 Å². The Hall–Kier alpha value is -2.51. The quantitative estimate of drug-likeness (QED) is 0.740. The third-order valence-corrected chi connectivity index (χ3v) is 3.19. The van der Waals surface area contributed by atoms with Crippen LogP contribution in [0.2, 0.25) is 0 Å². The Kier molecular flexibility index (Phi) is 3.28. The maximum Gasteiger partial charge on any atom is 0.319 e. The highest BCUT2D eigenvalue weighted by Crippen LogP contribution is 2.21. The summed E-state index contributed by atoms with van der Waals surface area (Å²) < 4.78 is 28.3. The van der Waals surface area contributed by atoms with Crippen molar-refractivity contribution in [1.29, 1.82) is 0 Å². The molecular weight excluding hydrogens is 278 g/mol. The lowest BCUT2D eigenvalue weighted by atomic mass is 10.4. The predicted molar refractivity (Wildman–Crippen MR) is 73.3 cm³/mol. The molecule has 0 N–H and O–H groups in total. The Labute approximate surface area is 119 Å². The molecule has 6 nitrogen and oxygen atoms in total. The second-order valence-electron chi connectivity index (χ2n) is 4.75. The molecule has 110 valence electrons. The van der Waals surface area contributed by atoms with Crippen molar-refractivity contribution >= 4 is 11.3 Å². The Morgan fingerprint density at radius 1 is 1.24 bits per heavy atom. The first-order chi connectivity index (χ1) is 10.1. The van der Waals surface area contributed by atoms with E-state index in [2.05, 4.69) is 15.1 Å². The van der Waals surface area contributed by atoms with E-state index < -0.39 is 6.55 Å². The number of nitrogens with zero attached hydrogens (tertiary/aromatic N) is 6. The van der Waals surface area contributed by atoms with Crippen LogP contribution < -0.4 is 4.90 Å². The molecule has 0 amide bonds. The summed E-state index contributed by atoms with van der Waals surface area (Å²) in [7, 11) is 1.79. The van der Waals surface area contributed by atoms with Gasteiger partial charge in [-0.3, -0.25) is 4.57 Å². The Morgan fingerprint density at radius 2 is 2.00 bits per heavy atom. The van der Waals surface area contributed by atoms with Crippen LogP contribution in [0.15, 0.2) is 30.9 Å². The fourth-order valence-electron chi connectivity index (χ4n) is 2.26. The van der Waals surface area contributed by atoms with Crippen molar-refractivity contribution in [1.82, 2.24) is 24.1 Å². The lowest BCUT2D eigenvalue weighted by molar-refractivity contribution is 0.0670. The van der Waals surface area contributed by atoms with E-state index >= 15 is 0 Å². The number of imidazole rings is 1. The van der Waals surface area contributed by atoms with E-state index in [1.54, 1.807) is 28.9 Å². The molecule has 3 aromatic rings. The minimum absolute atomic E-state index is 0.230. The van der Waals surface area contributed by atoms with Gasteiger partial charge in [-0.25, -0.2) is 14.5 Å². The van der Waals surface area contributed by atoms with Gasteiger partial charge in [0.25, 0.3) is 0 Å². The molecule has 0 atom stereocenters. The van der Waals surface area contributed by atoms with Gasteiger partial charge in [-0.05, 0) is 13.0 Å². The lowest BCUT2D eigenvalue weighted by Crippen LogP contribution is -2.21. The van der Waals surface area contributed by atoms with Gasteiger partial charge >= 0.3 is 6.55 Å². The number of anilines is 1. The fraction of sp³-hybridized carbons (Fsp3) is 0.308. The van der Waals surface area contributed by atoms with Gasteiger partial charge in [0, 0.05) is 31.8 Å². The van der Waals surface area contributed by atoms with Gasteiger partial charge < -0.3 is 4.90 Å². The summed E-state index contributed by atoms with van der Waals surface area (Å²) in [5, 5.41) is 4.31. The first-order valence-electron chi connectivity index (χ1n) is 6.38. The minimum Gasteiger partial charge on any atom is -0.350 e. The average Bonchev–Trinajstić information content (AvgIpc) is 3.02. The normalized spacial score (nSPS) is 11.5. The molecular formula is C13H14F2N6. The highest BCUT2D eigenvalue weighted by atomic mass is 19.3. The topological polar surface area (TPSA) is 51.2 Å². The van der Waals surface area contributed by atoms with Gasteiger partial charge in [-0.15, -0.1) is 0 Å². The number of halogens is 2. The van der Waals surface area contributed by atoms with Crippen LogP contribution in [-0.4, -0.2) is 31.2 Å². The summed E-state index contributed by atoms with van der Waals surface area (Å²) in [6.07, 6.45) is 6.02. The summed E-state index contributed by atoms with van der Waals surface area (Å²) in [5.41, 5.74) is 1.69. The maximum atomic E-state index is 12.8. The molecule has 3 heterocycles. The first kappa shape index (κ1) is 13.5. The Balaban J connectivity index is 1.93. The number of rotatable bonds is 4. The molecule has 0 aliphatic carbocycles. The monoisotopic (exact) mass is 292 g/mol. The smallest absolute Gasteiger partial charge is 0.319 e. The average molecular weight is 292 g/mol. The van der Waals surface area contributed by atoms with Crippen LogP contribution in [0.1, 0.15) is 18.1 Å². The largest absolute Gasteiger partial charge is 0.350 e. The van der Waals surface area contributed by atoms with Crippen molar-refractivity contribution in [2.24, 2.45) is 0 Å². The molecule has 3 aromatic heterocycles. The molecule has 21 heavy (non-hydrogen) atoms. The third kappa shape index (κ3) is 2.44. The number of aryl methyl sites for hydroxylation is 1. The lowest BCUT2D eigenvalue weighted by Gasteiger charge is -2.19. The van der Waals surface area contributed by atoms with Crippen molar-refractivity contribution in [2.75, 3.05) is 11.9 Å². The molecule has 0 saturated carbocycles. The van der Waals surface area contributed by atoms with Crippen LogP contribution in [0.25, 0.3) is 5.52 Å². The molecule has 0 unspecified atom stereocenters. The fourth-order valence-corrected chi connectivity index (χ4v) is 2.26. The molecule has 3 rings (SSSR count). The zero-order valence-electron chi connectivity index (χ0n) is 11.6. The van der Waals surface area contributed by atoms with Gasteiger partial charge in [0.1, 0.15) is 11.3 Å². The molecule has 0 saturated heterocycles. The van der Waals surface area contributed by atoms with Crippen molar-refractivity contribution in [3.05, 3.63) is 42.4 Å². The summed E-state index contributed by atoms with van der Waals surface area (Å²) in [6, 6.07) is 1.90. The van der Waals surface area contributed by atoms with Crippen molar-refractivity contribution < 1.29 is 8.78 Å². The van der Waals surface area contributed by atoms with Crippen molar-refractivity contribution in [2.45, 2.75) is 20.0 Å². The number of aromatic nitrogens is 5. The van der Waals surface area contributed by atoms with Gasteiger partial charge in [-0.1, -0.05) is 0 Å². The van der Waals surface area contributed by atoms with Gasteiger partial charge in [-0.2, -0.15) is 13.9 Å². The second-order valence-corrected chi connectivity index (χ2v) is 4.75. The molecule has 0 aromatic carbocycles. The molecule has 0 fully saturated rings. The maximum absolute atomic E-state index is 12.8. The second kappa shape index (κ2) is 5.12. The van der Waals surface area contributed by atoms with Crippen LogP contribution in [0, 0.1) is 6.92 Å². The van der Waals surface area contributed by atoms with E-state index in [1.807, 2.05) is 13.0 Å². The van der Waals surface area contributed by atoms with Gasteiger partial charge in [0.05, 0.1) is 12.2 Å². The number of hydrogen-bond donors (Lipinski definition) is 0. The van der Waals surface area contributed by atoms with E-state index in [0.717, 1.165) is 15.8 Å². The summed E-state index contributed by atoms with van der Waals surface area (Å²) in [6.45, 7) is -0.481. The molecule has 0 radical (unpaired) electrons. The molecule has 0 aliphatic rings. The van der Waals surface area contributed by atoms with Crippen LogP contribution in [0.3, 0.4) is 0 Å². The minimum atomic E-state index is -2.60. The standard InChI is InChI=1S/C13H14F2N6/c1-9-7-10-12(17-4-6-21(10)18-9)19(2)8-11-16-3-5-20(11)13(14)15/h3-7,13H,8H2,1-2H3. The molecule has 0 spiro atoms. The zero-order valence-corrected chi connectivity index (χ0v) is 11.6. The van der Waals surface area contributed by atoms with Crippen molar-refractivity contribution in [3.8, 4) is 0 Å². The van der Waals surface area contributed by atoms with E-state index in [9.17, 15) is 8.78 Å². The molecule has 0 aliphatic heterocycles. The number of hydrogen-bond acceptors (Lipinski definition) is 4. The Morgan fingerprint density at radius 3 is 2.76 bits per heavy atom. The predicted octanol–water partition coefficient (Wildman–Crippen LogP) is 2.27. The van der Waals surface area contributed by atoms with Crippen LogP contribution >= 0.6 is 0 Å². The van der Waals surface area contributed by atoms with Crippen LogP contribution in [0.4, 0.5) is 14.6 Å². The summed E-state index contributed by atoms with van der Waals surface area (Å²) in [4.78, 5) is 10.1. The van der Waals surface area contributed by atoms with E-state index in [1.165, 1.54) is 12.4 Å². The van der Waals surface area contributed by atoms with E-state index in [0.29, 0.717) is 5.82 Å². The first-order valence-corrected chi connectivity index (χ1v) is 6.38. The Bertz CT molecular complexity index is 763. The summed E-state index contributed by atoms with van der Waals surface area (Å²) >= 11 is 0. The number of fused-ring (bicyclic) bond motifs is 1. The zero-order chi connectivity index (χ0) is 15.0. The van der Waals surface area contributed by atoms with E-state index in [-0.39, 0.29) is 12.4 Å². The summed E-state index contributed by atoms with van der Waals surface area (Å²) in [5.74, 6) is 0.953. The SMILES string of the molecule is Cc1cc2c(N(C)Cc3nccn3C(F)F)nccn2n1. The molecule has 8 heteroatoms. The van der Waals surface area contributed by atoms with Crippen molar-refractivity contribution in [3.63, 3.8) is 0 Å². The molecule has 0 bridgehead atoms. The highest BCUT2D eigenvalue weighted by Gasteiger charge is 2.16. The van der Waals surface area contributed by atoms with Crippen LogP contribution in [-0.2, 0) is 6.54 Å². The van der Waals surface area contributed by atoms with Crippen LogP contribution in [0.5, 0.6) is 0 Å². The highest BCUT2D eigenvalue weighted by molar-refractivity contribution is 5.68. The third-order valence-electron chi connectivity index (χ3n) is 3.19. The van der Waals surface area contributed by atoms with E-state index in [4.69, 9.17) is 0 Å².